The van der Waals surface area contributed by atoms with Crippen molar-refractivity contribution in [3.63, 3.8) is 0 Å². The summed E-state index contributed by atoms with van der Waals surface area (Å²) in [4.78, 5) is 12.1. The molecule has 0 aliphatic carbocycles. The minimum absolute atomic E-state index is 0.237. The Hall–Kier alpha value is -1.08. The SMILES string of the molecule is CCC(C)(C)NC(=O)CN(c1cccc(Br)c1)S(C)(=O)=O. The van der Waals surface area contributed by atoms with Gasteiger partial charge in [-0.3, -0.25) is 9.10 Å². The Labute approximate surface area is 134 Å². The van der Waals surface area contributed by atoms with Crippen LogP contribution in [0.1, 0.15) is 27.2 Å². The van der Waals surface area contributed by atoms with Crippen LogP contribution >= 0.6 is 15.9 Å². The number of amides is 1. The van der Waals surface area contributed by atoms with Gasteiger partial charge in [0.1, 0.15) is 6.54 Å². The monoisotopic (exact) mass is 376 g/mol. The normalized spacial score (nSPS) is 12.0. The van der Waals surface area contributed by atoms with Crippen molar-refractivity contribution in [1.29, 1.82) is 0 Å². The summed E-state index contributed by atoms with van der Waals surface area (Å²) in [5.74, 6) is -0.327. The van der Waals surface area contributed by atoms with E-state index in [2.05, 4.69) is 21.2 Å². The van der Waals surface area contributed by atoms with Crippen molar-refractivity contribution in [2.45, 2.75) is 32.7 Å². The highest BCUT2D eigenvalue weighted by Gasteiger charge is 2.24. The summed E-state index contributed by atoms with van der Waals surface area (Å²) in [7, 11) is -3.54. The lowest BCUT2D eigenvalue weighted by Gasteiger charge is -2.27. The summed E-state index contributed by atoms with van der Waals surface area (Å²) in [6, 6.07) is 6.85. The number of halogens is 1. The van der Waals surface area contributed by atoms with Crippen LogP contribution < -0.4 is 9.62 Å². The molecule has 0 unspecified atom stereocenters. The van der Waals surface area contributed by atoms with E-state index in [1.165, 1.54) is 0 Å². The predicted octanol–water partition coefficient (Wildman–Crippen LogP) is 2.52. The lowest BCUT2D eigenvalue weighted by molar-refractivity contribution is -0.121. The van der Waals surface area contributed by atoms with Crippen molar-refractivity contribution >= 4 is 37.5 Å². The number of hydrogen-bond donors (Lipinski definition) is 1. The van der Waals surface area contributed by atoms with Gasteiger partial charge in [0.15, 0.2) is 0 Å². The quantitative estimate of drug-likeness (QED) is 0.829. The lowest BCUT2D eigenvalue weighted by atomic mass is 10.0. The van der Waals surface area contributed by atoms with E-state index in [0.717, 1.165) is 21.5 Å². The van der Waals surface area contributed by atoms with Crippen LogP contribution in [0.15, 0.2) is 28.7 Å². The number of nitrogens with one attached hydrogen (secondary N) is 1. The third-order valence-corrected chi connectivity index (χ3v) is 4.78. The lowest BCUT2D eigenvalue weighted by Crippen LogP contribution is -2.48. The standard InChI is InChI=1S/C14H21BrN2O3S/c1-5-14(2,3)16-13(18)10-17(21(4,19)20)12-8-6-7-11(15)9-12/h6-9H,5,10H2,1-4H3,(H,16,18). The molecule has 1 N–H and O–H groups in total. The molecule has 0 aliphatic rings. The molecular weight excluding hydrogens is 356 g/mol. The molecule has 0 bridgehead atoms. The van der Waals surface area contributed by atoms with Crippen molar-refractivity contribution in [2.75, 3.05) is 17.1 Å². The number of carbonyl (C=O) groups is 1. The molecular formula is C14H21BrN2O3S. The third kappa shape index (κ3) is 5.67. The summed E-state index contributed by atoms with van der Waals surface area (Å²) in [5.41, 5.74) is 0.0914. The largest absolute Gasteiger partial charge is 0.350 e. The fraction of sp³-hybridized carbons (Fsp3) is 0.500. The summed E-state index contributed by atoms with van der Waals surface area (Å²) in [6.07, 6.45) is 1.85. The Morgan fingerprint density at radius 2 is 2.00 bits per heavy atom. The first-order valence-electron chi connectivity index (χ1n) is 6.59. The number of benzene rings is 1. The van der Waals surface area contributed by atoms with Crippen molar-refractivity contribution in [3.05, 3.63) is 28.7 Å². The summed E-state index contributed by atoms with van der Waals surface area (Å²) in [6.45, 7) is 5.52. The van der Waals surface area contributed by atoms with Gasteiger partial charge in [-0.2, -0.15) is 0 Å². The fourth-order valence-electron chi connectivity index (χ4n) is 1.67. The van der Waals surface area contributed by atoms with Crippen LogP contribution in [-0.4, -0.2) is 32.7 Å². The molecule has 1 aromatic carbocycles. The molecule has 0 fully saturated rings. The number of rotatable bonds is 6. The minimum atomic E-state index is -3.54. The molecule has 1 rings (SSSR count). The Morgan fingerprint density at radius 3 is 2.48 bits per heavy atom. The van der Waals surface area contributed by atoms with Crippen LogP contribution in [0.2, 0.25) is 0 Å². The molecule has 0 radical (unpaired) electrons. The Bertz CT molecular complexity index is 614. The molecule has 0 atom stereocenters. The zero-order valence-corrected chi connectivity index (χ0v) is 15.1. The second-order valence-corrected chi connectivity index (χ2v) is 8.36. The molecule has 0 aliphatic heterocycles. The molecule has 0 saturated carbocycles. The molecule has 1 aromatic rings. The van der Waals surface area contributed by atoms with Crippen LogP contribution in [0.5, 0.6) is 0 Å². The fourth-order valence-corrected chi connectivity index (χ4v) is 2.90. The smallest absolute Gasteiger partial charge is 0.241 e. The molecule has 21 heavy (non-hydrogen) atoms. The second-order valence-electron chi connectivity index (χ2n) is 5.54. The summed E-state index contributed by atoms with van der Waals surface area (Å²) in [5, 5.41) is 2.84. The zero-order valence-electron chi connectivity index (χ0n) is 12.7. The zero-order chi connectivity index (χ0) is 16.3. The van der Waals surface area contributed by atoms with E-state index in [-0.39, 0.29) is 18.0 Å². The van der Waals surface area contributed by atoms with Gasteiger partial charge in [-0.25, -0.2) is 8.42 Å². The van der Waals surface area contributed by atoms with Crippen molar-refractivity contribution in [2.24, 2.45) is 0 Å². The maximum Gasteiger partial charge on any atom is 0.241 e. The van der Waals surface area contributed by atoms with E-state index in [0.29, 0.717) is 5.69 Å². The average molecular weight is 377 g/mol. The Morgan fingerprint density at radius 1 is 1.38 bits per heavy atom. The summed E-state index contributed by atoms with van der Waals surface area (Å²) < 4.78 is 25.7. The third-order valence-electron chi connectivity index (χ3n) is 3.15. The second kappa shape index (κ2) is 6.79. The highest BCUT2D eigenvalue weighted by atomic mass is 79.9. The molecule has 0 heterocycles. The van der Waals surface area contributed by atoms with E-state index >= 15 is 0 Å². The van der Waals surface area contributed by atoms with Gasteiger partial charge >= 0.3 is 0 Å². The van der Waals surface area contributed by atoms with Gasteiger partial charge in [0.2, 0.25) is 15.9 Å². The van der Waals surface area contributed by atoms with Crippen molar-refractivity contribution < 1.29 is 13.2 Å². The van der Waals surface area contributed by atoms with E-state index in [1.807, 2.05) is 20.8 Å². The van der Waals surface area contributed by atoms with Crippen LogP contribution in [0.3, 0.4) is 0 Å². The average Bonchev–Trinajstić information content (AvgIpc) is 2.34. The van der Waals surface area contributed by atoms with E-state index < -0.39 is 10.0 Å². The van der Waals surface area contributed by atoms with Crippen molar-refractivity contribution in [3.8, 4) is 0 Å². The van der Waals surface area contributed by atoms with Gasteiger partial charge in [-0.1, -0.05) is 28.9 Å². The molecule has 1 amide bonds. The van der Waals surface area contributed by atoms with Gasteiger partial charge in [0, 0.05) is 10.0 Å². The molecule has 5 nitrogen and oxygen atoms in total. The topological polar surface area (TPSA) is 66.5 Å². The first-order chi connectivity index (χ1) is 9.55. The van der Waals surface area contributed by atoms with E-state index in [4.69, 9.17) is 0 Å². The molecule has 0 aromatic heterocycles. The number of hydrogen-bond acceptors (Lipinski definition) is 3. The van der Waals surface area contributed by atoms with Crippen LogP contribution in [0.4, 0.5) is 5.69 Å². The van der Waals surface area contributed by atoms with Crippen LogP contribution in [-0.2, 0) is 14.8 Å². The summed E-state index contributed by atoms with van der Waals surface area (Å²) >= 11 is 3.30. The number of anilines is 1. The van der Waals surface area contributed by atoms with Gasteiger partial charge in [0.25, 0.3) is 0 Å². The molecule has 0 spiro atoms. The maximum absolute atomic E-state index is 12.1. The van der Waals surface area contributed by atoms with Gasteiger partial charge < -0.3 is 5.32 Å². The highest BCUT2D eigenvalue weighted by molar-refractivity contribution is 9.10. The maximum atomic E-state index is 12.1. The van der Waals surface area contributed by atoms with E-state index in [9.17, 15) is 13.2 Å². The Kier molecular flexibility index (Phi) is 5.81. The molecule has 7 heteroatoms. The van der Waals surface area contributed by atoms with Gasteiger partial charge in [-0.15, -0.1) is 0 Å². The molecule has 118 valence electrons. The number of sulfonamides is 1. The Balaban J connectivity index is 2.99. The van der Waals surface area contributed by atoms with Gasteiger partial charge in [-0.05, 0) is 38.5 Å². The molecule has 0 saturated heterocycles. The number of nitrogens with zero attached hydrogens (tertiary/aromatic N) is 1. The number of carbonyl (C=O) groups excluding carboxylic acids is 1. The van der Waals surface area contributed by atoms with E-state index in [1.54, 1.807) is 24.3 Å². The van der Waals surface area contributed by atoms with Crippen LogP contribution in [0.25, 0.3) is 0 Å². The first-order valence-corrected chi connectivity index (χ1v) is 9.23. The van der Waals surface area contributed by atoms with Gasteiger partial charge in [0.05, 0.1) is 11.9 Å². The highest BCUT2D eigenvalue weighted by Crippen LogP contribution is 2.22. The first kappa shape index (κ1) is 18.0. The predicted molar refractivity (Wildman–Crippen MR) is 88.8 cm³/mol. The van der Waals surface area contributed by atoms with Crippen molar-refractivity contribution in [1.82, 2.24) is 5.32 Å². The minimum Gasteiger partial charge on any atom is -0.350 e. The van der Waals surface area contributed by atoms with Crippen LogP contribution in [0, 0.1) is 0 Å².